The van der Waals surface area contributed by atoms with Gasteiger partial charge in [0.05, 0.1) is 11.2 Å². The molecule has 3 nitrogen and oxygen atoms in total. The molecule has 68 valence electrons. The summed E-state index contributed by atoms with van der Waals surface area (Å²) in [6.07, 6.45) is 2.08. The van der Waals surface area contributed by atoms with E-state index in [1.165, 1.54) is 0 Å². The van der Waals surface area contributed by atoms with Gasteiger partial charge in [0.25, 0.3) is 0 Å². The molecule has 0 saturated heterocycles. The van der Waals surface area contributed by atoms with Crippen molar-refractivity contribution in [2.45, 2.75) is 19.8 Å². The zero-order valence-electron chi connectivity index (χ0n) is 7.67. The third-order valence-corrected chi connectivity index (χ3v) is 2.08. The lowest BCUT2D eigenvalue weighted by molar-refractivity contribution is 0.861. The number of hydrogen-bond donors (Lipinski definition) is 2. The van der Waals surface area contributed by atoms with Crippen LogP contribution in [0.2, 0.25) is 0 Å². The maximum absolute atomic E-state index is 5.78. The summed E-state index contributed by atoms with van der Waals surface area (Å²) in [7, 11) is 0. The SMILES string of the molecule is CCCc1nc2c(N)cccc2[nH]1. The van der Waals surface area contributed by atoms with Crippen molar-refractivity contribution in [3.05, 3.63) is 24.0 Å². The number of benzene rings is 1. The molecule has 0 aliphatic heterocycles. The van der Waals surface area contributed by atoms with Crippen LogP contribution in [0.25, 0.3) is 11.0 Å². The molecule has 1 aromatic heterocycles. The smallest absolute Gasteiger partial charge is 0.111 e. The number of H-pyrrole nitrogens is 1. The van der Waals surface area contributed by atoms with E-state index in [0.717, 1.165) is 35.4 Å². The summed E-state index contributed by atoms with van der Waals surface area (Å²) < 4.78 is 0. The van der Waals surface area contributed by atoms with Gasteiger partial charge in [0.2, 0.25) is 0 Å². The molecule has 3 N–H and O–H groups in total. The Morgan fingerprint density at radius 1 is 1.46 bits per heavy atom. The second kappa shape index (κ2) is 3.09. The number of imidazole rings is 1. The monoisotopic (exact) mass is 175 g/mol. The topological polar surface area (TPSA) is 54.7 Å². The minimum Gasteiger partial charge on any atom is -0.397 e. The molecule has 0 unspecified atom stereocenters. The van der Waals surface area contributed by atoms with Crippen LogP contribution in [0.15, 0.2) is 18.2 Å². The third-order valence-electron chi connectivity index (χ3n) is 2.08. The fourth-order valence-corrected chi connectivity index (χ4v) is 1.46. The molecule has 13 heavy (non-hydrogen) atoms. The minimum atomic E-state index is 0.746. The fraction of sp³-hybridized carbons (Fsp3) is 0.300. The van der Waals surface area contributed by atoms with Gasteiger partial charge in [-0.05, 0) is 18.6 Å². The molecule has 0 amide bonds. The Morgan fingerprint density at radius 2 is 2.31 bits per heavy atom. The summed E-state index contributed by atoms with van der Waals surface area (Å²) in [4.78, 5) is 7.67. The second-order valence-electron chi connectivity index (χ2n) is 3.18. The van der Waals surface area contributed by atoms with Crippen LogP contribution in [0.4, 0.5) is 5.69 Å². The van der Waals surface area contributed by atoms with E-state index in [1.807, 2.05) is 18.2 Å². The van der Waals surface area contributed by atoms with Crippen LogP contribution in [0.1, 0.15) is 19.2 Å². The lowest BCUT2D eigenvalue weighted by Gasteiger charge is -1.90. The summed E-state index contributed by atoms with van der Waals surface area (Å²) >= 11 is 0. The van der Waals surface area contributed by atoms with E-state index in [2.05, 4.69) is 16.9 Å². The normalized spacial score (nSPS) is 10.8. The van der Waals surface area contributed by atoms with Gasteiger partial charge in [-0.1, -0.05) is 13.0 Å². The second-order valence-corrected chi connectivity index (χ2v) is 3.18. The molecule has 0 radical (unpaired) electrons. The van der Waals surface area contributed by atoms with Gasteiger partial charge in [0.1, 0.15) is 11.3 Å². The number of nitrogens with two attached hydrogens (primary N) is 1. The van der Waals surface area contributed by atoms with Crippen molar-refractivity contribution in [3.63, 3.8) is 0 Å². The van der Waals surface area contributed by atoms with Gasteiger partial charge in [-0.3, -0.25) is 0 Å². The standard InChI is InChI=1S/C10H13N3/c1-2-4-9-12-8-6-3-5-7(11)10(8)13-9/h3,5-6H,2,4,11H2,1H3,(H,12,13). The van der Waals surface area contributed by atoms with Crippen molar-refractivity contribution in [2.75, 3.05) is 5.73 Å². The first-order valence-electron chi connectivity index (χ1n) is 4.54. The number of para-hydroxylation sites is 1. The van der Waals surface area contributed by atoms with Crippen LogP contribution in [0.5, 0.6) is 0 Å². The fourth-order valence-electron chi connectivity index (χ4n) is 1.46. The van der Waals surface area contributed by atoms with E-state index in [-0.39, 0.29) is 0 Å². The largest absolute Gasteiger partial charge is 0.397 e. The Morgan fingerprint density at radius 3 is 3.00 bits per heavy atom. The molecule has 0 bridgehead atoms. The van der Waals surface area contributed by atoms with Crippen LogP contribution in [0.3, 0.4) is 0 Å². The Bertz CT molecular complexity index is 417. The van der Waals surface area contributed by atoms with E-state index in [4.69, 9.17) is 5.73 Å². The first-order chi connectivity index (χ1) is 6.31. The molecule has 0 aliphatic carbocycles. The Kier molecular flexibility index (Phi) is 1.93. The number of hydrogen-bond acceptors (Lipinski definition) is 2. The van der Waals surface area contributed by atoms with Gasteiger partial charge in [-0.15, -0.1) is 0 Å². The zero-order valence-corrected chi connectivity index (χ0v) is 7.67. The number of anilines is 1. The number of aromatic nitrogens is 2. The maximum Gasteiger partial charge on any atom is 0.111 e. The number of nitrogens with one attached hydrogen (secondary N) is 1. The third kappa shape index (κ3) is 1.37. The highest BCUT2D eigenvalue weighted by Gasteiger charge is 2.03. The highest BCUT2D eigenvalue weighted by molar-refractivity contribution is 5.86. The lowest BCUT2D eigenvalue weighted by atomic mass is 10.3. The molecular formula is C10H13N3. The number of fused-ring (bicyclic) bond motifs is 1. The van der Waals surface area contributed by atoms with Gasteiger partial charge in [-0.25, -0.2) is 4.98 Å². The summed E-state index contributed by atoms with van der Waals surface area (Å²) in [5.41, 5.74) is 8.45. The molecule has 0 spiro atoms. The van der Waals surface area contributed by atoms with E-state index < -0.39 is 0 Å². The van der Waals surface area contributed by atoms with Crippen LogP contribution >= 0.6 is 0 Å². The first-order valence-corrected chi connectivity index (χ1v) is 4.54. The Hall–Kier alpha value is -1.51. The van der Waals surface area contributed by atoms with Crippen molar-refractivity contribution in [1.82, 2.24) is 9.97 Å². The quantitative estimate of drug-likeness (QED) is 0.687. The molecule has 1 heterocycles. The van der Waals surface area contributed by atoms with Crippen LogP contribution in [0, 0.1) is 0 Å². The molecule has 0 aliphatic rings. The number of aryl methyl sites for hydroxylation is 1. The zero-order chi connectivity index (χ0) is 9.26. The van der Waals surface area contributed by atoms with Crippen molar-refractivity contribution < 1.29 is 0 Å². The van der Waals surface area contributed by atoms with E-state index in [9.17, 15) is 0 Å². The minimum absolute atomic E-state index is 0.746. The van der Waals surface area contributed by atoms with Gasteiger partial charge >= 0.3 is 0 Å². The van der Waals surface area contributed by atoms with Crippen LogP contribution in [-0.4, -0.2) is 9.97 Å². The highest BCUT2D eigenvalue weighted by atomic mass is 14.9. The van der Waals surface area contributed by atoms with Gasteiger partial charge in [0.15, 0.2) is 0 Å². The average molecular weight is 175 g/mol. The highest BCUT2D eigenvalue weighted by Crippen LogP contribution is 2.18. The molecule has 0 fully saturated rings. The molecule has 2 aromatic rings. The van der Waals surface area contributed by atoms with Gasteiger partial charge in [-0.2, -0.15) is 0 Å². The molecule has 0 atom stereocenters. The molecular weight excluding hydrogens is 162 g/mol. The van der Waals surface area contributed by atoms with Gasteiger partial charge < -0.3 is 10.7 Å². The van der Waals surface area contributed by atoms with E-state index in [0.29, 0.717) is 0 Å². The predicted octanol–water partition coefficient (Wildman–Crippen LogP) is 2.10. The molecule has 3 heteroatoms. The number of rotatable bonds is 2. The Labute approximate surface area is 77.0 Å². The lowest BCUT2D eigenvalue weighted by Crippen LogP contribution is -1.86. The molecule has 0 saturated carbocycles. The average Bonchev–Trinajstić information content (AvgIpc) is 2.49. The van der Waals surface area contributed by atoms with Crippen molar-refractivity contribution >= 4 is 16.7 Å². The van der Waals surface area contributed by atoms with E-state index >= 15 is 0 Å². The molecule has 1 aromatic carbocycles. The van der Waals surface area contributed by atoms with E-state index in [1.54, 1.807) is 0 Å². The number of nitrogen functional groups attached to an aromatic ring is 1. The van der Waals surface area contributed by atoms with Crippen molar-refractivity contribution in [1.29, 1.82) is 0 Å². The summed E-state index contributed by atoms with van der Waals surface area (Å²) in [6, 6.07) is 5.81. The first kappa shape index (κ1) is 8.10. The van der Waals surface area contributed by atoms with Crippen LogP contribution < -0.4 is 5.73 Å². The van der Waals surface area contributed by atoms with Crippen LogP contribution in [-0.2, 0) is 6.42 Å². The molecule has 2 rings (SSSR count). The maximum atomic E-state index is 5.78. The van der Waals surface area contributed by atoms with Crippen molar-refractivity contribution in [3.8, 4) is 0 Å². The summed E-state index contributed by atoms with van der Waals surface area (Å²) in [5, 5.41) is 0. The summed E-state index contributed by atoms with van der Waals surface area (Å²) in [5.74, 6) is 1.02. The number of aromatic amines is 1. The number of nitrogens with zero attached hydrogens (tertiary/aromatic N) is 1. The predicted molar refractivity (Wildman–Crippen MR) is 54.5 cm³/mol. The van der Waals surface area contributed by atoms with Gasteiger partial charge in [0, 0.05) is 6.42 Å². The summed E-state index contributed by atoms with van der Waals surface area (Å²) in [6.45, 7) is 2.14. The van der Waals surface area contributed by atoms with Crippen molar-refractivity contribution in [2.24, 2.45) is 0 Å². The Balaban J connectivity index is 2.55.